The first-order chi connectivity index (χ1) is 8.66. The number of hydrogen-bond donors (Lipinski definition) is 1. The van der Waals surface area contributed by atoms with Crippen LogP contribution in [0.3, 0.4) is 0 Å². The molecule has 2 aromatic rings. The quantitative estimate of drug-likeness (QED) is 0.792. The number of nitrogens with zero attached hydrogens (tertiary/aromatic N) is 4. The van der Waals surface area contributed by atoms with Crippen molar-refractivity contribution in [3.8, 4) is 0 Å². The molecule has 0 amide bonds. The van der Waals surface area contributed by atoms with Crippen LogP contribution in [0.5, 0.6) is 0 Å². The summed E-state index contributed by atoms with van der Waals surface area (Å²) in [5.74, 6) is 0.912. The van der Waals surface area contributed by atoms with Crippen molar-refractivity contribution in [2.24, 2.45) is 0 Å². The fourth-order valence-corrected chi connectivity index (χ4v) is 1.71. The van der Waals surface area contributed by atoms with Gasteiger partial charge in [-0.05, 0) is 39.9 Å². The van der Waals surface area contributed by atoms with E-state index in [1.165, 1.54) is 0 Å². The Morgan fingerprint density at radius 1 is 1.39 bits per heavy atom. The molecule has 0 bridgehead atoms. The van der Waals surface area contributed by atoms with Gasteiger partial charge in [-0.25, -0.2) is 9.50 Å². The standard InChI is InChI=1S/C13H21N5/c1-11(2)17(3)9-4-7-14-12-6-10-18-13(16-12)5-8-15-18/h5-6,8,10-11H,4,7,9H2,1-3H3,(H,14,16). The molecule has 0 saturated heterocycles. The summed E-state index contributed by atoms with van der Waals surface area (Å²) >= 11 is 0. The minimum absolute atomic E-state index is 0.603. The first-order valence-corrected chi connectivity index (χ1v) is 6.41. The molecule has 0 radical (unpaired) electrons. The van der Waals surface area contributed by atoms with Crippen molar-refractivity contribution in [1.82, 2.24) is 19.5 Å². The summed E-state index contributed by atoms with van der Waals surface area (Å²) in [5.41, 5.74) is 0.874. The summed E-state index contributed by atoms with van der Waals surface area (Å²) in [4.78, 5) is 6.81. The van der Waals surface area contributed by atoms with Crippen LogP contribution in [0.4, 0.5) is 5.82 Å². The lowest BCUT2D eigenvalue weighted by atomic mass is 10.3. The number of nitrogens with one attached hydrogen (secondary N) is 1. The molecule has 5 heteroatoms. The average molecular weight is 247 g/mol. The minimum atomic E-state index is 0.603. The molecule has 0 atom stereocenters. The maximum atomic E-state index is 4.46. The van der Waals surface area contributed by atoms with Crippen molar-refractivity contribution in [1.29, 1.82) is 0 Å². The average Bonchev–Trinajstić information content (AvgIpc) is 2.81. The van der Waals surface area contributed by atoms with Gasteiger partial charge in [-0.15, -0.1) is 0 Å². The summed E-state index contributed by atoms with van der Waals surface area (Å²) in [6.07, 6.45) is 4.79. The Morgan fingerprint density at radius 3 is 3.00 bits per heavy atom. The van der Waals surface area contributed by atoms with Crippen LogP contribution in [-0.4, -0.2) is 45.7 Å². The number of aromatic nitrogens is 3. The highest BCUT2D eigenvalue weighted by atomic mass is 15.2. The summed E-state index contributed by atoms with van der Waals surface area (Å²) in [6, 6.07) is 4.45. The number of anilines is 1. The predicted octanol–water partition coefficient (Wildman–Crippen LogP) is 1.87. The highest BCUT2D eigenvalue weighted by Gasteiger charge is 2.02. The molecule has 98 valence electrons. The van der Waals surface area contributed by atoms with Crippen LogP contribution >= 0.6 is 0 Å². The Balaban J connectivity index is 1.79. The lowest BCUT2D eigenvalue weighted by molar-refractivity contribution is 0.273. The second-order valence-electron chi connectivity index (χ2n) is 4.80. The monoisotopic (exact) mass is 247 g/mol. The van der Waals surface area contributed by atoms with Crippen molar-refractivity contribution >= 4 is 11.5 Å². The van der Waals surface area contributed by atoms with Crippen LogP contribution in [0.15, 0.2) is 24.5 Å². The molecule has 5 nitrogen and oxygen atoms in total. The van der Waals surface area contributed by atoms with E-state index >= 15 is 0 Å². The zero-order valence-corrected chi connectivity index (χ0v) is 11.3. The molecule has 0 unspecified atom stereocenters. The summed E-state index contributed by atoms with van der Waals surface area (Å²) in [5, 5.41) is 7.46. The van der Waals surface area contributed by atoms with Crippen LogP contribution in [0.25, 0.3) is 5.65 Å². The highest BCUT2D eigenvalue weighted by molar-refractivity contribution is 5.45. The van der Waals surface area contributed by atoms with Gasteiger partial charge in [-0.3, -0.25) is 0 Å². The molecule has 0 saturated carbocycles. The SMILES string of the molecule is CC(C)N(C)CCCNc1ccn2nccc2n1. The smallest absolute Gasteiger partial charge is 0.157 e. The van der Waals surface area contributed by atoms with E-state index in [9.17, 15) is 0 Å². The number of hydrogen-bond acceptors (Lipinski definition) is 4. The van der Waals surface area contributed by atoms with Gasteiger partial charge in [0.1, 0.15) is 5.82 Å². The Labute approximate surface area is 108 Å². The van der Waals surface area contributed by atoms with Crippen molar-refractivity contribution in [2.45, 2.75) is 26.3 Å². The molecule has 0 spiro atoms. The van der Waals surface area contributed by atoms with Gasteiger partial charge in [0, 0.05) is 24.8 Å². The minimum Gasteiger partial charge on any atom is -0.370 e. The largest absolute Gasteiger partial charge is 0.370 e. The molecule has 2 heterocycles. The van der Waals surface area contributed by atoms with Crippen LogP contribution in [0.1, 0.15) is 20.3 Å². The molecule has 0 aliphatic heterocycles. The normalized spacial score (nSPS) is 11.6. The van der Waals surface area contributed by atoms with Crippen molar-refractivity contribution < 1.29 is 0 Å². The van der Waals surface area contributed by atoms with Gasteiger partial charge in [0.15, 0.2) is 5.65 Å². The van der Waals surface area contributed by atoms with E-state index in [1.807, 2.05) is 18.3 Å². The third-order valence-corrected chi connectivity index (χ3v) is 3.13. The van der Waals surface area contributed by atoms with Crippen molar-refractivity contribution in [2.75, 3.05) is 25.5 Å². The van der Waals surface area contributed by atoms with E-state index in [-0.39, 0.29) is 0 Å². The van der Waals surface area contributed by atoms with Gasteiger partial charge in [-0.1, -0.05) is 0 Å². The third kappa shape index (κ3) is 3.20. The molecule has 0 aromatic carbocycles. The fourth-order valence-electron chi connectivity index (χ4n) is 1.71. The van der Waals surface area contributed by atoms with Gasteiger partial charge < -0.3 is 10.2 Å². The lowest BCUT2D eigenvalue weighted by Gasteiger charge is -2.20. The van der Waals surface area contributed by atoms with E-state index in [4.69, 9.17) is 0 Å². The fraction of sp³-hybridized carbons (Fsp3) is 0.538. The molecule has 2 rings (SSSR count). The van der Waals surface area contributed by atoms with E-state index in [2.05, 4.69) is 41.2 Å². The lowest BCUT2D eigenvalue weighted by Crippen LogP contribution is -2.28. The summed E-state index contributed by atoms with van der Waals surface area (Å²) < 4.78 is 1.76. The second kappa shape index (κ2) is 5.82. The van der Waals surface area contributed by atoms with E-state index in [1.54, 1.807) is 10.7 Å². The molecule has 0 aliphatic carbocycles. The van der Waals surface area contributed by atoms with Gasteiger partial charge in [0.05, 0.1) is 6.20 Å². The Morgan fingerprint density at radius 2 is 2.22 bits per heavy atom. The first-order valence-electron chi connectivity index (χ1n) is 6.41. The van der Waals surface area contributed by atoms with Crippen LogP contribution in [0.2, 0.25) is 0 Å². The molecule has 18 heavy (non-hydrogen) atoms. The topological polar surface area (TPSA) is 45.5 Å². The Hall–Kier alpha value is -1.62. The first kappa shape index (κ1) is 12.8. The highest BCUT2D eigenvalue weighted by Crippen LogP contribution is 2.05. The molecule has 0 fully saturated rings. The summed E-state index contributed by atoms with van der Waals surface area (Å²) in [6.45, 7) is 6.46. The van der Waals surface area contributed by atoms with Crippen LogP contribution < -0.4 is 5.32 Å². The van der Waals surface area contributed by atoms with E-state index in [0.29, 0.717) is 6.04 Å². The van der Waals surface area contributed by atoms with Gasteiger partial charge in [-0.2, -0.15) is 5.10 Å². The van der Waals surface area contributed by atoms with Crippen molar-refractivity contribution in [3.63, 3.8) is 0 Å². The molecule has 1 N–H and O–H groups in total. The van der Waals surface area contributed by atoms with Crippen LogP contribution in [-0.2, 0) is 0 Å². The molecule has 0 aliphatic rings. The second-order valence-corrected chi connectivity index (χ2v) is 4.80. The Bertz CT molecular complexity index is 491. The molecule has 2 aromatic heterocycles. The van der Waals surface area contributed by atoms with E-state index < -0.39 is 0 Å². The maximum Gasteiger partial charge on any atom is 0.157 e. The Kier molecular flexibility index (Phi) is 4.15. The zero-order valence-electron chi connectivity index (χ0n) is 11.3. The van der Waals surface area contributed by atoms with Crippen LogP contribution in [0, 0.1) is 0 Å². The number of fused-ring (bicyclic) bond motifs is 1. The number of rotatable bonds is 6. The molecular weight excluding hydrogens is 226 g/mol. The maximum absolute atomic E-state index is 4.46. The van der Waals surface area contributed by atoms with Gasteiger partial charge >= 0.3 is 0 Å². The predicted molar refractivity (Wildman–Crippen MR) is 73.9 cm³/mol. The van der Waals surface area contributed by atoms with Gasteiger partial charge in [0.25, 0.3) is 0 Å². The van der Waals surface area contributed by atoms with E-state index in [0.717, 1.165) is 31.0 Å². The molecular formula is C13H21N5. The van der Waals surface area contributed by atoms with Gasteiger partial charge in [0.2, 0.25) is 0 Å². The zero-order chi connectivity index (χ0) is 13.0. The third-order valence-electron chi connectivity index (χ3n) is 3.13. The van der Waals surface area contributed by atoms with Crippen molar-refractivity contribution in [3.05, 3.63) is 24.5 Å². The summed E-state index contributed by atoms with van der Waals surface area (Å²) in [7, 11) is 2.15.